The molecule has 3 aromatic rings. The number of hydrogen-bond donors (Lipinski definition) is 1. The summed E-state index contributed by atoms with van der Waals surface area (Å²) < 4.78 is 28.7. The molecule has 0 aliphatic carbocycles. The van der Waals surface area contributed by atoms with Crippen molar-refractivity contribution < 1.29 is 42.9 Å². The zero-order chi connectivity index (χ0) is 41.5. The second-order valence-corrected chi connectivity index (χ2v) is 15.5. The van der Waals surface area contributed by atoms with Crippen LogP contribution in [0.1, 0.15) is 114 Å². The number of carbonyl (C=O) groups excluding carboxylic acids is 4. The molecule has 0 radical (unpaired) electrons. The second-order valence-electron chi connectivity index (χ2n) is 15.1. The molecule has 3 rings (SSSR count). The van der Waals surface area contributed by atoms with Gasteiger partial charge in [-0.25, -0.2) is 4.79 Å². The van der Waals surface area contributed by atoms with Crippen LogP contribution in [0.2, 0.25) is 5.02 Å². The van der Waals surface area contributed by atoms with Crippen molar-refractivity contribution in [3.8, 4) is 0 Å². The Balaban J connectivity index is 0.0000116. The third-order valence-corrected chi connectivity index (χ3v) is 9.41. The molecule has 0 aliphatic rings. The van der Waals surface area contributed by atoms with Crippen molar-refractivity contribution >= 4 is 45.1 Å². The highest BCUT2D eigenvalue weighted by Crippen LogP contribution is 2.44. The molecule has 0 aromatic heterocycles. The minimum absolute atomic E-state index is 0. The zero-order valence-corrected chi connectivity index (χ0v) is 37.3. The van der Waals surface area contributed by atoms with Crippen molar-refractivity contribution in [1.82, 2.24) is 5.32 Å². The number of unbranched alkanes of at least 4 members (excludes halogenated alkanes) is 3. The molecule has 320 valence electrons. The van der Waals surface area contributed by atoms with Crippen LogP contribution >= 0.6 is 21.5 Å². The predicted molar refractivity (Wildman–Crippen MR) is 233 cm³/mol. The van der Waals surface area contributed by atoms with Crippen molar-refractivity contribution in [2.75, 3.05) is 39.6 Å². The first-order valence-electron chi connectivity index (χ1n) is 20.2. The highest BCUT2D eigenvalue weighted by atomic mass is 35.5. The number of ketones is 1. The Bertz CT molecular complexity index is 1670. The summed E-state index contributed by atoms with van der Waals surface area (Å²) in [4.78, 5) is 53.0. The van der Waals surface area contributed by atoms with Gasteiger partial charge in [-0.1, -0.05) is 110 Å². The number of carbonyl (C=O) groups is 4. The molecular formula is C46H65ClNO9P. The molecule has 3 atom stereocenters. The molecule has 1 amide bonds. The van der Waals surface area contributed by atoms with Gasteiger partial charge in [-0.05, 0) is 59.4 Å². The SMILES string of the molecule is CCCCCOCCOCCOCCCCC(=O)CCC(=O)NC(CCC(=O)OC(c1ccccc1)(c1ccc(C)cc1)c1ccccc1Cl)C(=O)OC(C)(C)C.P. The molecule has 3 unspecified atom stereocenters. The number of benzene rings is 3. The van der Waals surface area contributed by atoms with Gasteiger partial charge < -0.3 is 29.0 Å². The Morgan fingerprint density at radius 1 is 0.655 bits per heavy atom. The monoisotopic (exact) mass is 841 g/mol. The normalized spacial score (nSPS) is 12.8. The number of amides is 1. The molecule has 1 N–H and O–H groups in total. The quantitative estimate of drug-likeness (QED) is 0.0347. The van der Waals surface area contributed by atoms with Crippen molar-refractivity contribution in [2.45, 2.75) is 116 Å². The summed E-state index contributed by atoms with van der Waals surface area (Å²) in [7, 11) is 0. The Morgan fingerprint density at radius 2 is 1.22 bits per heavy atom. The fraction of sp³-hybridized carbons (Fsp3) is 0.522. The molecule has 58 heavy (non-hydrogen) atoms. The van der Waals surface area contributed by atoms with E-state index in [1.54, 1.807) is 26.8 Å². The highest BCUT2D eigenvalue weighted by molar-refractivity contribution is 6.92. The van der Waals surface area contributed by atoms with Crippen molar-refractivity contribution in [2.24, 2.45) is 0 Å². The summed E-state index contributed by atoms with van der Waals surface area (Å²) >= 11 is 6.81. The maximum absolute atomic E-state index is 13.9. The molecular weight excluding hydrogens is 777 g/mol. The number of esters is 2. The summed E-state index contributed by atoms with van der Waals surface area (Å²) in [5.41, 5.74) is 0.718. The number of Topliss-reactive ketones (excluding diaryl/α,β-unsaturated/α-hetero) is 1. The second kappa shape index (κ2) is 27.2. The van der Waals surface area contributed by atoms with Crippen LogP contribution in [-0.4, -0.2) is 74.9 Å². The van der Waals surface area contributed by atoms with Crippen LogP contribution in [0.4, 0.5) is 0 Å². The number of aryl methyl sites for hydroxylation is 1. The van der Waals surface area contributed by atoms with Gasteiger partial charge >= 0.3 is 11.9 Å². The van der Waals surface area contributed by atoms with E-state index >= 15 is 0 Å². The predicted octanol–water partition coefficient (Wildman–Crippen LogP) is 8.91. The fourth-order valence-electron chi connectivity index (χ4n) is 6.13. The lowest BCUT2D eigenvalue weighted by Crippen LogP contribution is -2.44. The molecule has 0 fully saturated rings. The first kappa shape index (κ1) is 50.5. The van der Waals surface area contributed by atoms with Crippen molar-refractivity contribution in [3.63, 3.8) is 0 Å². The lowest BCUT2D eigenvalue weighted by molar-refractivity contribution is -0.159. The minimum atomic E-state index is -1.42. The Kier molecular flexibility index (Phi) is 23.6. The maximum Gasteiger partial charge on any atom is 0.329 e. The van der Waals surface area contributed by atoms with Crippen LogP contribution in [0.25, 0.3) is 0 Å². The van der Waals surface area contributed by atoms with E-state index in [9.17, 15) is 19.2 Å². The number of rotatable bonds is 27. The van der Waals surface area contributed by atoms with Crippen LogP contribution in [0.3, 0.4) is 0 Å². The maximum atomic E-state index is 13.9. The fourth-order valence-corrected chi connectivity index (χ4v) is 6.40. The van der Waals surface area contributed by atoms with Crippen LogP contribution in [-0.2, 0) is 48.5 Å². The van der Waals surface area contributed by atoms with E-state index in [4.69, 9.17) is 35.3 Å². The number of nitrogens with one attached hydrogen (secondary N) is 1. The summed E-state index contributed by atoms with van der Waals surface area (Å²) in [6, 6.07) is 23.1. The van der Waals surface area contributed by atoms with Crippen LogP contribution in [0.5, 0.6) is 0 Å². The van der Waals surface area contributed by atoms with Gasteiger partial charge in [0.25, 0.3) is 0 Å². The molecule has 0 heterocycles. The number of hydrogen-bond acceptors (Lipinski definition) is 9. The van der Waals surface area contributed by atoms with Crippen molar-refractivity contribution in [1.29, 1.82) is 0 Å². The standard InChI is InChI=1S/C46H62ClNO9.H3P/c1-6-7-14-29-53-31-33-55-34-32-54-30-15-13-18-38(49)25-27-42(50)48-41(44(52)57-45(3,4)5)26-28-43(51)56-46(36-16-9-8-10-17-36,37-23-21-35(2)22-24-37)39-19-11-12-20-40(39)47;/h8-12,16-17,19-24,41H,6-7,13-15,18,25-34H2,1-5H3,(H,48,50);1H3. The smallest absolute Gasteiger partial charge is 0.329 e. The number of ether oxygens (including phenoxy) is 5. The van der Waals surface area contributed by atoms with Gasteiger partial charge in [0.15, 0.2) is 5.60 Å². The molecule has 12 heteroatoms. The van der Waals surface area contributed by atoms with E-state index in [-0.39, 0.29) is 41.4 Å². The third-order valence-electron chi connectivity index (χ3n) is 9.08. The largest absolute Gasteiger partial charge is 0.458 e. The van der Waals surface area contributed by atoms with Gasteiger partial charge in [-0.15, -0.1) is 0 Å². The van der Waals surface area contributed by atoms with Crippen LogP contribution < -0.4 is 5.32 Å². The Hall–Kier alpha value is -3.66. The van der Waals surface area contributed by atoms with E-state index in [0.29, 0.717) is 74.0 Å². The first-order valence-corrected chi connectivity index (χ1v) is 20.6. The molecule has 0 saturated carbocycles. The molecule has 0 spiro atoms. The van der Waals surface area contributed by atoms with Gasteiger partial charge in [0.2, 0.25) is 5.91 Å². The molecule has 0 bridgehead atoms. The summed E-state index contributed by atoms with van der Waals surface area (Å²) in [5.74, 6) is -1.85. The topological polar surface area (TPSA) is 126 Å². The highest BCUT2D eigenvalue weighted by Gasteiger charge is 2.42. The Labute approximate surface area is 354 Å². The van der Waals surface area contributed by atoms with E-state index in [2.05, 4.69) is 12.2 Å². The third kappa shape index (κ3) is 18.1. The van der Waals surface area contributed by atoms with Gasteiger partial charge in [0.1, 0.15) is 17.4 Å². The molecule has 0 aliphatic heterocycles. The van der Waals surface area contributed by atoms with Crippen LogP contribution in [0, 0.1) is 6.92 Å². The molecule has 10 nitrogen and oxygen atoms in total. The molecule has 0 saturated heterocycles. The van der Waals surface area contributed by atoms with E-state index < -0.39 is 35.1 Å². The van der Waals surface area contributed by atoms with Crippen LogP contribution in [0.15, 0.2) is 78.9 Å². The van der Waals surface area contributed by atoms with Gasteiger partial charge in [-0.3, -0.25) is 14.4 Å². The van der Waals surface area contributed by atoms with E-state index in [1.165, 1.54) is 12.8 Å². The lowest BCUT2D eigenvalue weighted by Gasteiger charge is -2.36. The summed E-state index contributed by atoms with van der Waals surface area (Å²) in [5, 5.41) is 3.12. The van der Waals surface area contributed by atoms with Gasteiger partial charge in [0, 0.05) is 60.6 Å². The zero-order valence-electron chi connectivity index (χ0n) is 35.2. The average Bonchev–Trinajstić information content (AvgIpc) is 3.18. The van der Waals surface area contributed by atoms with Gasteiger partial charge in [-0.2, -0.15) is 9.90 Å². The van der Waals surface area contributed by atoms with Crippen molar-refractivity contribution in [3.05, 3.63) is 106 Å². The molecule has 3 aromatic carbocycles. The minimum Gasteiger partial charge on any atom is -0.458 e. The summed E-state index contributed by atoms with van der Waals surface area (Å²) in [6.45, 7) is 12.7. The van der Waals surface area contributed by atoms with E-state index in [0.717, 1.165) is 18.6 Å². The average molecular weight is 842 g/mol. The van der Waals surface area contributed by atoms with Gasteiger partial charge in [0.05, 0.1) is 26.4 Å². The Morgan fingerprint density at radius 3 is 1.83 bits per heavy atom. The number of halogens is 1. The summed E-state index contributed by atoms with van der Waals surface area (Å²) in [6.07, 6.45) is 4.69. The van der Waals surface area contributed by atoms with E-state index in [1.807, 2.05) is 79.7 Å². The lowest BCUT2D eigenvalue weighted by atomic mass is 9.79. The first-order chi connectivity index (χ1) is 27.4.